The number of rotatable bonds is 2. The minimum Gasteiger partial charge on any atom is -0.481 e. The molecule has 0 bridgehead atoms. The lowest BCUT2D eigenvalue weighted by atomic mass is 9.70. The lowest BCUT2D eigenvalue weighted by molar-refractivity contribution is -0.145. The molecule has 1 aromatic carbocycles. The highest BCUT2D eigenvalue weighted by atomic mass is 35.5. The third-order valence-corrected chi connectivity index (χ3v) is 3.19. The first-order valence-electron chi connectivity index (χ1n) is 4.77. The van der Waals surface area contributed by atoms with Gasteiger partial charge in [-0.3, -0.25) is 4.79 Å². The molecule has 4 heteroatoms. The molecule has 15 heavy (non-hydrogen) atoms. The van der Waals surface area contributed by atoms with Gasteiger partial charge in [-0.05, 0) is 30.5 Å². The second-order valence-electron chi connectivity index (χ2n) is 3.79. The minimum absolute atomic E-state index is 0.195. The van der Waals surface area contributed by atoms with Gasteiger partial charge >= 0.3 is 5.97 Å². The molecule has 0 radical (unpaired) electrons. The van der Waals surface area contributed by atoms with Crippen molar-refractivity contribution in [1.82, 2.24) is 0 Å². The SMILES string of the molecule is O=C(O)[C@@H]1CC[C@H]1c1ccc(Cl)cc1F. The Kier molecular flexibility index (Phi) is 2.65. The van der Waals surface area contributed by atoms with E-state index in [0.717, 1.165) is 6.42 Å². The molecule has 0 heterocycles. The van der Waals surface area contributed by atoms with Gasteiger partial charge in [-0.25, -0.2) is 4.39 Å². The summed E-state index contributed by atoms with van der Waals surface area (Å²) in [6.07, 6.45) is 1.36. The number of carbonyl (C=O) groups is 1. The van der Waals surface area contributed by atoms with E-state index in [-0.39, 0.29) is 5.92 Å². The van der Waals surface area contributed by atoms with Crippen molar-refractivity contribution in [3.05, 3.63) is 34.6 Å². The quantitative estimate of drug-likeness (QED) is 0.845. The number of benzene rings is 1. The first-order valence-corrected chi connectivity index (χ1v) is 5.15. The predicted octanol–water partition coefficient (Wildman–Crippen LogP) is 3.06. The van der Waals surface area contributed by atoms with Gasteiger partial charge in [0.1, 0.15) is 5.82 Å². The largest absolute Gasteiger partial charge is 0.481 e. The van der Waals surface area contributed by atoms with Crippen LogP contribution in [-0.4, -0.2) is 11.1 Å². The van der Waals surface area contributed by atoms with E-state index in [1.807, 2.05) is 0 Å². The van der Waals surface area contributed by atoms with Gasteiger partial charge in [-0.15, -0.1) is 0 Å². The van der Waals surface area contributed by atoms with Crippen LogP contribution in [0.1, 0.15) is 24.3 Å². The first kappa shape index (κ1) is 10.4. The van der Waals surface area contributed by atoms with Crippen molar-refractivity contribution in [2.45, 2.75) is 18.8 Å². The second-order valence-corrected chi connectivity index (χ2v) is 4.23. The minimum atomic E-state index is -0.847. The lowest BCUT2D eigenvalue weighted by Crippen LogP contribution is -2.31. The zero-order valence-corrected chi connectivity index (χ0v) is 8.67. The van der Waals surface area contributed by atoms with Crippen LogP contribution in [-0.2, 0) is 4.79 Å². The Morgan fingerprint density at radius 3 is 2.67 bits per heavy atom. The molecule has 0 saturated heterocycles. The van der Waals surface area contributed by atoms with Crippen molar-refractivity contribution < 1.29 is 14.3 Å². The molecule has 0 aliphatic heterocycles. The van der Waals surface area contributed by atoms with Crippen LogP contribution in [0.5, 0.6) is 0 Å². The summed E-state index contributed by atoms with van der Waals surface area (Å²) in [6.45, 7) is 0. The summed E-state index contributed by atoms with van der Waals surface area (Å²) in [6, 6.07) is 4.41. The molecule has 0 unspecified atom stereocenters. The van der Waals surface area contributed by atoms with Crippen molar-refractivity contribution >= 4 is 17.6 Å². The van der Waals surface area contributed by atoms with E-state index in [1.54, 1.807) is 12.1 Å². The molecule has 1 saturated carbocycles. The predicted molar refractivity (Wildman–Crippen MR) is 54.5 cm³/mol. The number of carboxylic acids is 1. The second kappa shape index (κ2) is 3.81. The average molecular weight is 229 g/mol. The average Bonchev–Trinajstić information content (AvgIpc) is 2.06. The van der Waals surface area contributed by atoms with E-state index in [2.05, 4.69) is 0 Å². The van der Waals surface area contributed by atoms with Crippen molar-refractivity contribution in [3.63, 3.8) is 0 Å². The zero-order chi connectivity index (χ0) is 11.0. The van der Waals surface area contributed by atoms with Crippen molar-refractivity contribution in [1.29, 1.82) is 0 Å². The number of hydrogen-bond acceptors (Lipinski definition) is 1. The van der Waals surface area contributed by atoms with Gasteiger partial charge in [0, 0.05) is 10.9 Å². The van der Waals surface area contributed by atoms with Crippen LogP contribution in [0, 0.1) is 11.7 Å². The summed E-state index contributed by atoms with van der Waals surface area (Å²) in [5.41, 5.74) is 0.470. The Bertz CT molecular complexity index is 406. The highest BCUT2D eigenvalue weighted by Gasteiger charge is 2.38. The number of aliphatic carboxylic acids is 1. The van der Waals surface area contributed by atoms with E-state index >= 15 is 0 Å². The Morgan fingerprint density at radius 1 is 1.47 bits per heavy atom. The maximum Gasteiger partial charge on any atom is 0.307 e. The van der Waals surface area contributed by atoms with E-state index in [9.17, 15) is 9.18 Å². The molecular weight excluding hydrogens is 219 g/mol. The van der Waals surface area contributed by atoms with Crippen LogP contribution in [0.2, 0.25) is 5.02 Å². The van der Waals surface area contributed by atoms with E-state index in [0.29, 0.717) is 17.0 Å². The maximum atomic E-state index is 13.5. The molecule has 0 aromatic heterocycles. The lowest BCUT2D eigenvalue weighted by Gasteiger charge is -2.33. The zero-order valence-electron chi connectivity index (χ0n) is 7.91. The molecule has 1 aliphatic rings. The fraction of sp³-hybridized carbons (Fsp3) is 0.364. The molecule has 2 nitrogen and oxygen atoms in total. The number of halogens is 2. The molecule has 1 aromatic rings. The van der Waals surface area contributed by atoms with Crippen LogP contribution >= 0.6 is 11.6 Å². The van der Waals surface area contributed by atoms with Crippen molar-refractivity contribution in [2.24, 2.45) is 5.92 Å². The summed E-state index contributed by atoms with van der Waals surface area (Å²) in [5, 5.41) is 9.20. The first-order chi connectivity index (χ1) is 7.09. The summed E-state index contributed by atoms with van der Waals surface area (Å²) >= 11 is 5.63. The van der Waals surface area contributed by atoms with Gasteiger partial charge in [0.25, 0.3) is 0 Å². The summed E-state index contributed by atoms with van der Waals surface area (Å²) in [7, 11) is 0. The van der Waals surface area contributed by atoms with E-state index < -0.39 is 17.7 Å². The van der Waals surface area contributed by atoms with Gasteiger partial charge in [0.2, 0.25) is 0 Å². The Labute approximate surface area is 91.7 Å². The molecule has 1 N–H and O–H groups in total. The van der Waals surface area contributed by atoms with Crippen LogP contribution in [0.25, 0.3) is 0 Å². The van der Waals surface area contributed by atoms with Gasteiger partial charge in [0.15, 0.2) is 0 Å². The molecule has 2 rings (SSSR count). The smallest absolute Gasteiger partial charge is 0.307 e. The Hall–Kier alpha value is -1.09. The van der Waals surface area contributed by atoms with Crippen LogP contribution in [0.3, 0.4) is 0 Å². The Morgan fingerprint density at radius 2 is 2.20 bits per heavy atom. The summed E-state index contributed by atoms with van der Waals surface area (Å²) in [4.78, 5) is 10.8. The van der Waals surface area contributed by atoms with Crippen molar-refractivity contribution in [2.75, 3.05) is 0 Å². The fourth-order valence-electron chi connectivity index (χ4n) is 1.97. The monoisotopic (exact) mass is 228 g/mol. The number of carboxylic acid groups (broad SMARTS) is 1. The molecule has 80 valence electrons. The standard InChI is InChI=1S/C11H10ClFO2/c12-6-1-2-8(10(13)5-6)7-3-4-9(7)11(14)15/h1-2,5,7,9H,3-4H2,(H,14,15)/t7-,9+/m0/s1. The molecule has 2 atom stereocenters. The van der Waals surface area contributed by atoms with Gasteiger partial charge < -0.3 is 5.11 Å². The van der Waals surface area contributed by atoms with E-state index in [4.69, 9.17) is 16.7 Å². The molecule has 0 spiro atoms. The maximum absolute atomic E-state index is 13.5. The number of hydrogen-bond donors (Lipinski definition) is 1. The topological polar surface area (TPSA) is 37.3 Å². The third-order valence-electron chi connectivity index (χ3n) is 2.95. The Balaban J connectivity index is 2.27. The van der Waals surface area contributed by atoms with E-state index in [1.165, 1.54) is 6.07 Å². The fourth-order valence-corrected chi connectivity index (χ4v) is 2.13. The van der Waals surface area contributed by atoms with Crippen molar-refractivity contribution in [3.8, 4) is 0 Å². The van der Waals surface area contributed by atoms with Gasteiger partial charge in [-0.1, -0.05) is 17.7 Å². The molecular formula is C11H10ClFO2. The summed E-state index contributed by atoms with van der Waals surface area (Å²) < 4.78 is 13.5. The van der Waals surface area contributed by atoms with Crippen LogP contribution in [0.4, 0.5) is 4.39 Å². The molecule has 1 aliphatic carbocycles. The molecule has 0 amide bonds. The molecule has 1 fully saturated rings. The summed E-state index contributed by atoms with van der Waals surface area (Å²) in [5.74, 6) is -1.89. The highest BCUT2D eigenvalue weighted by molar-refractivity contribution is 6.30. The third kappa shape index (κ3) is 1.84. The normalized spacial score (nSPS) is 24.7. The van der Waals surface area contributed by atoms with Gasteiger partial charge in [0.05, 0.1) is 5.92 Å². The highest BCUT2D eigenvalue weighted by Crippen LogP contribution is 2.43. The van der Waals surface area contributed by atoms with Gasteiger partial charge in [-0.2, -0.15) is 0 Å². The van der Waals surface area contributed by atoms with Crippen LogP contribution < -0.4 is 0 Å². The van der Waals surface area contributed by atoms with Crippen LogP contribution in [0.15, 0.2) is 18.2 Å².